The summed E-state index contributed by atoms with van der Waals surface area (Å²) in [6, 6.07) is 26.3. The highest BCUT2D eigenvalue weighted by Crippen LogP contribution is 2.34. The van der Waals surface area contributed by atoms with E-state index in [4.69, 9.17) is 18.9 Å². The first-order chi connectivity index (χ1) is 22.2. The second-order valence-electron chi connectivity index (χ2n) is 11.0. The van der Waals surface area contributed by atoms with E-state index in [0.717, 1.165) is 65.1 Å². The summed E-state index contributed by atoms with van der Waals surface area (Å²) >= 11 is 2.28. The molecule has 0 saturated carbocycles. The van der Waals surface area contributed by atoms with Crippen LogP contribution in [0.5, 0.6) is 23.0 Å². The summed E-state index contributed by atoms with van der Waals surface area (Å²) in [6.07, 6.45) is -0.906. The molecular weight excluding hydrogens is 621 g/mol. The van der Waals surface area contributed by atoms with Crippen molar-refractivity contribution in [3.05, 3.63) is 115 Å². The summed E-state index contributed by atoms with van der Waals surface area (Å²) in [5.41, 5.74) is 4.79. The van der Waals surface area contributed by atoms with Crippen molar-refractivity contribution < 1.29 is 24.1 Å². The summed E-state index contributed by atoms with van der Waals surface area (Å²) < 4.78 is 24.1. The monoisotopic (exact) mass is 652 g/mol. The third kappa shape index (κ3) is 6.62. The number of hydrogen-bond acceptors (Lipinski definition) is 9. The molecule has 0 saturated heterocycles. The molecule has 0 atom stereocenters. The molecule has 0 spiro atoms. The maximum absolute atomic E-state index is 13.0. The number of hydrogen-bond donors (Lipinski definition) is 1. The molecule has 46 heavy (non-hydrogen) atoms. The number of methoxy groups -OCH3 is 2. The van der Waals surface area contributed by atoms with E-state index >= 15 is 0 Å². The zero-order valence-electron chi connectivity index (χ0n) is 25.8. The van der Waals surface area contributed by atoms with Gasteiger partial charge >= 0.3 is 0 Å². The average molecular weight is 653 g/mol. The first kappa shape index (κ1) is 31.3. The van der Waals surface area contributed by atoms with Crippen molar-refractivity contribution in [1.29, 1.82) is 0 Å². The molecule has 0 unspecified atom stereocenters. The van der Waals surface area contributed by atoms with Gasteiger partial charge in [-0.1, -0.05) is 46.9 Å². The van der Waals surface area contributed by atoms with E-state index in [9.17, 15) is 14.7 Å². The van der Waals surface area contributed by atoms with E-state index in [1.54, 1.807) is 26.4 Å². The summed E-state index contributed by atoms with van der Waals surface area (Å²) in [7, 11) is 3.20. The quantitative estimate of drug-likeness (QED) is 0.163. The third-order valence-corrected chi connectivity index (χ3v) is 9.55. The van der Waals surface area contributed by atoms with E-state index in [1.165, 1.54) is 0 Å². The van der Waals surface area contributed by atoms with E-state index in [-0.39, 0.29) is 22.7 Å². The van der Waals surface area contributed by atoms with Gasteiger partial charge in [0.15, 0.2) is 0 Å². The van der Waals surface area contributed by atoms with Crippen molar-refractivity contribution in [2.24, 2.45) is 0 Å². The molecule has 2 heterocycles. The number of fused-ring (bicyclic) bond motifs is 2. The van der Waals surface area contributed by atoms with E-state index < -0.39 is 6.10 Å². The van der Waals surface area contributed by atoms with Gasteiger partial charge in [0, 0.05) is 31.7 Å². The SMILES string of the molecule is COc1cc(C)ccc1-c1cc2ccc(OCC(O)COc3ccc4cc(-c5ccc(C)cc5OC)c(=O)sc4c3)cc2sc1=O. The van der Waals surface area contributed by atoms with Gasteiger partial charge in [-0.3, -0.25) is 9.59 Å². The summed E-state index contributed by atoms with van der Waals surface area (Å²) in [5.74, 6) is 2.40. The molecule has 6 rings (SSSR count). The summed E-state index contributed by atoms with van der Waals surface area (Å²) in [6.45, 7) is 3.96. The van der Waals surface area contributed by atoms with Crippen molar-refractivity contribution in [2.75, 3.05) is 27.4 Å². The molecule has 0 aliphatic carbocycles. The molecule has 1 N–H and O–H groups in total. The normalized spacial score (nSPS) is 11.3. The second kappa shape index (κ2) is 13.3. The number of rotatable bonds is 10. The molecule has 0 amide bonds. The molecule has 0 radical (unpaired) electrons. The summed E-state index contributed by atoms with van der Waals surface area (Å²) in [4.78, 5) is 26.1. The van der Waals surface area contributed by atoms with Crippen molar-refractivity contribution in [1.82, 2.24) is 0 Å². The van der Waals surface area contributed by atoms with Crippen LogP contribution in [0, 0.1) is 13.8 Å². The number of aryl methyl sites for hydroxylation is 2. The van der Waals surface area contributed by atoms with Crippen LogP contribution in [0.1, 0.15) is 11.1 Å². The lowest BCUT2D eigenvalue weighted by molar-refractivity contribution is 0.0627. The van der Waals surface area contributed by atoms with Crippen LogP contribution in [-0.4, -0.2) is 38.6 Å². The Kier molecular flexibility index (Phi) is 9.08. The molecular formula is C37H32O7S2. The number of benzene rings is 4. The lowest BCUT2D eigenvalue weighted by Crippen LogP contribution is -2.25. The highest BCUT2D eigenvalue weighted by molar-refractivity contribution is 7.16. The minimum atomic E-state index is -0.906. The molecule has 0 bridgehead atoms. The van der Waals surface area contributed by atoms with Gasteiger partial charge in [0.1, 0.15) is 42.3 Å². The minimum absolute atomic E-state index is 0.00170. The topological polar surface area (TPSA) is 91.3 Å². The molecule has 9 heteroatoms. The number of aliphatic hydroxyl groups excluding tert-OH is 1. The fraction of sp³-hybridized carbons (Fsp3) is 0.189. The average Bonchev–Trinajstić information content (AvgIpc) is 3.05. The smallest absolute Gasteiger partial charge is 0.240 e. The number of aliphatic hydroxyl groups is 1. The van der Waals surface area contributed by atoms with E-state index in [0.29, 0.717) is 34.1 Å². The Bertz CT molecular complexity index is 2030. The fourth-order valence-corrected chi connectivity index (χ4v) is 7.01. The molecule has 6 aromatic rings. The Balaban J connectivity index is 1.11. The lowest BCUT2D eigenvalue weighted by Gasteiger charge is -2.14. The predicted octanol–water partition coefficient (Wildman–Crippen LogP) is 7.62. The van der Waals surface area contributed by atoms with Gasteiger partial charge in [0.2, 0.25) is 9.48 Å². The first-order valence-corrected chi connectivity index (χ1v) is 16.2. The van der Waals surface area contributed by atoms with Crippen molar-refractivity contribution in [3.8, 4) is 45.3 Å². The second-order valence-corrected chi connectivity index (χ2v) is 13.0. The maximum atomic E-state index is 13.0. The van der Waals surface area contributed by atoms with Crippen LogP contribution < -0.4 is 28.4 Å². The van der Waals surface area contributed by atoms with Gasteiger partial charge in [-0.05, 0) is 96.4 Å². The Labute approximate surface area is 273 Å². The van der Waals surface area contributed by atoms with Crippen LogP contribution in [0.3, 0.4) is 0 Å². The first-order valence-electron chi connectivity index (χ1n) is 14.6. The Morgan fingerprint density at radius 3 is 1.43 bits per heavy atom. The van der Waals surface area contributed by atoms with Gasteiger partial charge in [-0.2, -0.15) is 0 Å². The molecule has 0 aliphatic heterocycles. The minimum Gasteiger partial charge on any atom is -0.496 e. The molecule has 234 valence electrons. The zero-order valence-corrected chi connectivity index (χ0v) is 27.4. The van der Waals surface area contributed by atoms with Gasteiger partial charge in [-0.25, -0.2) is 0 Å². The number of ether oxygens (including phenoxy) is 4. The van der Waals surface area contributed by atoms with Gasteiger partial charge in [-0.15, -0.1) is 0 Å². The maximum Gasteiger partial charge on any atom is 0.240 e. The van der Waals surface area contributed by atoms with Crippen LogP contribution >= 0.6 is 22.7 Å². The van der Waals surface area contributed by atoms with Crippen molar-refractivity contribution in [3.63, 3.8) is 0 Å². The van der Waals surface area contributed by atoms with Crippen LogP contribution in [0.15, 0.2) is 94.5 Å². The largest absolute Gasteiger partial charge is 0.496 e. The van der Waals surface area contributed by atoms with Gasteiger partial charge < -0.3 is 24.1 Å². The zero-order chi connectivity index (χ0) is 32.4. The van der Waals surface area contributed by atoms with Crippen LogP contribution in [0.4, 0.5) is 0 Å². The molecule has 0 aliphatic rings. The molecule has 7 nitrogen and oxygen atoms in total. The van der Waals surface area contributed by atoms with Crippen LogP contribution in [-0.2, 0) is 0 Å². The van der Waals surface area contributed by atoms with Crippen LogP contribution in [0.2, 0.25) is 0 Å². The fourth-order valence-electron chi connectivity index (χ4n) is 5.21. The molecule has 0 fully saturated rings. The van der Waals surface area contributed by atoms with E-state index in [2.05, 4.69) is 0 Å². The van der Waals surface area contributed by atoms with E-state index in [1.807, 2.05) is 86.6 Å². The standard InChI is InChI=1S/C37H32O7S2/c1-21-5-11-28(32(13-21)41-3)30-15-23-7-9-26(17-34(23)45-36(30)39)43-19-25(38)20-44-27-10-8-24-16-31(37(40)46-35(24)18-27)29-12-6-22(2)14-33(29)42-4/h5-18,25,38H,19-20H2,1-4H3. The van der Waals surface area contributed by atoms with Crippen molar-refractivity contribution in [2.45, 2.75) is 20.0 Å². The highest BCUT2D eigenvalue weighted by atomic mass is 32.1. The Morgan fingerprint density at radius 1 is 0.587 bits per heavy atom. The Morgan fingerprint density at radius 2 is 1.02 bits per heavy atom. The Hall–Kier alpha value is -4.70. The lowest BCUT2D eigenvalue weighted by atomic mass is 10.0. The highest BCUT2D eigenvalue weighted by Gasteiger charge is 2.15. The van der Waals surface area contributed by atoms with Crippen LogP contribution in [0.25, 0.3) is 42.4 Å². The van der Waals surface area contributed by atoms with Gasteiger partial charge in [0.25, 0.3) is 0 Å². The summed E-state index contributed by atoms with van der Waals surface area (Å²) in [5, 5.41) is 12.4. The van der Waals surface area contributed by atoms with Gasteiger partial charge in [0.05, 0.1) is 14.2 Å². The predicted molar refractivity (Wildman–Crippen MR) is 187 cm³/mol. The molecule has 4 aromatic carbocycles. The molecule has 2 aromatic heterocycles. The third-order valence-electron chi connectivity index (χ3n) is 7.59. The van der Waals surface area contributed by atoms with Crippen molar-refractivity contribution >= 4 is 42.8 Å².